The lowest BCUT2D eigenvalue weighted by atomic mass is 10.1. The van der Waals surface area contributed by atoms with E-state index in [0.29, 0.717) is 44.9 Å². The van der Waals surface area contributed by atoms with Gasteiger partial charge >= 0.3 is 0 Å². The Morgan fingerprint density at radius 3 is 2.64 bits per heavy atom. The summed E-state index contributed by atoms with van der Waals surface area (Å²) < 4.78 is 5.06. The molecule has 122 valence electrons. The van der Waals surface area contributed by atoms with Crippen LogP contribution in [0.2, 0.25) is 0 Å². The lowest BCUT2D eigenvalue weighted by Crippen LogP contribution is -2.37. The van der Waals surface area contributed by atoms with E-state index in [9.17, 15) is 9.90 Å². The van der Waals surface area contributed by atoms with Gasteiger partial charge in [-0.25, -0.2) is 0 Å². The number of aliphatic hydroxyl groups excluding tert-OH is 2. The van der Waals surface area contributed by atoms with Crippen molar-refractivity contribution < 1.29 is 19.7 Å². The molecule has 1 aliphatic rings. The predicted molar refractivity (Wildman–Crippen MR) is 82.6 cm³/mol. The van der Waals surface area contributed by atoms with E-state index in [1.54, 1.807) is 24.1 Å². The molecule has 1 aromatic carbocycles. The molecule has 6 heteroatoms. The first-order valence-electron chi connectivity index (χ1n) is 7.52. The largest absolute Gasteiger partial charge is 0.395 e. The number of benzene rings is 1. The fraction of sp³-hybridized carbons (Fsp3) is 0.562. The van der Waals surface area contributed by atoms with Gasteiger partial charge in [-0.15, -0.1) is 0 Å². The van der Waals surface area contributed by atoms with Crippen LogP contribution in [0.4, 0.5) is 0 Å². The van der Waals surface area contributed by atoms with E-state index in [-0.39, 0.29) is 12.5 Å². The SMILES string of the molecule is COCc1ccc(C(=O)N2CCN(CCO)C[C@@H](O)C2)cc1. The molecule has 0 aromatic heterocycles. The second kappa shape index (κ2) is 8.24. The Kier molecular flexibility index (Phi) is 6.33. The zero-order valence-electron chi connectivity index (χ0n) is 12.9. The second-order valence-corrected chi connectivity index (χ2v) is 5.56. The van der Waals surface area contributed by atoms with Gasteiger partial charge in [-0.3, -0.25) is 9.69 Å². The quantitative estimate of drug-likeness (QED) is 0.797. The number of amides is 1. The topological polar surface area (TPSA) is 73.2 Å². The number of carbonyl (C=O) groups is 1. The number of hydrogen-bond donors (Lipinski definition) is 2. The van der Waals surface area contributed by atoms with Gasteiger partial charge in [-0.1, -0.05) is 12.1 Å². The van der Waals surface area contributed by atoms with Crippen LogP contribution < -0.4 is 0 Å². The zero-order valence-corrected chi connectivity index (χ0v) is 12.9. The molecule has 2 rings (SSSR count). The molecule has 0 radical (unpaired) electrons. The maximum atomic E-state index is 12.5. The van der Waals surface area contributed by atoms with E-state index in [4.69, 9.17) is 9.84 Å². The maximum Gasteiger partial charge on any atom is 0.253 e. The number of hydrogen-bond acceptors (Lipinski definition) is 5. The smallest absolute Gasteiger partial charge is 0.253 e. The second-order valence-electron chi connectivity index (χ2n) is 5.56. The van der Waals surface area contributed by atoms with Crippen LogP contribution >= 0.6 is 0 Å². The average Bonchev–Trinajstić information content (AvgIpc) is 2.69. The van der Waals surface area contributed by atoms with Crippen molar-refractivity contribution in [1.82, 2.24) is 9.80 Å². The van der Waals surface area contributed by atoms with E-state index >= 15 is 0 Å². The normalized spacial score (nSPS) is 20.0. The minimum absolute atomic E-state index is 0.0572. The van der Waals surface area contributed by atoms with Gasteiger partial charge in [0.25, 0.3) is 5.91 Å². The highest BCUT2D eigenvalue weighted by Gasteiger charge is 2.24. The molecule has 1 atom stereocenters. The minimum atomic E-state index is -0.592. The van der Waals surface area contributed by atoms with E-state index in [2.05, 4.69) is 0 Å². The molecule has 0 aliphatic carbocycles. The highest BCUT2D eigenvalue weighted by molar-refractivity contribution is 5.94. The number of rotatable bonds is 5. The molecule has 1 saturated heterocycles. The first-order valence-corrected chi connectivity index (χ1v) is 7.52. The standard InChI is InChI=1S/C16H24N2O4/c1-22-12-13-2-4-14(5-3-13)16(21)18-7-6-17(8-9-19)10-15(20)11-18/h2-5,15,19-20H,6-12H2,1H3/t15-/m1/s1. The third-order valence-electron chi connectivity index (χ3n) is 3.80. The van der Waals surface area contributed by atoms with Crippen LogP contribution in [0, 0.1) is 0 Å². The molecule has 0 spiro atoms. The summed E-state index contributed by atoms with van der Waals surface area (Å²) >= 11 is 0. The van der Waals surface area contributed by atoms with Crippen LogP contribution in [0.1, 0.15) is 15.9 Å². The summed E-state index contributed by atoms with van der Waals surface area (Å²) in [4.78, 5) is 16.2. The molecule has 2 N–H and O–H groups in total. The first-order chi connectivity index (χ1) is 10.6. The van der Waals surface area contributed by atoms with Crippen molar-refractivity contribution in [3.8, 4) is 0 Å². The summed E-state index contributed by atoms with van der Waals surface area (Å²) in [6.45, 7) is 3.11. The molecule has 1 amide bonds. The van der Waals surface area contributed by atoms with Crippen LogP contribution in [0.5, 0.6) is 0 Å². The van der Waals surface area contributed by atoms with Gasteiger partial charge in [0.1, 0.15) is 0 Å². The van der Waals surface area contributed by atoms with Crippen molar-refractivity contribution in [2.45, 2.75) is 12.7 Å². The molecule has 0 unspecified atom stereocenters. The van der Waals surface area contributed by atoms with Crippen molar-refractivity contribution in [2.75, 3.05) is 46.4 Å². The Morgan fingerprint density at radius 1 is 1.27 bits per heavy atom. The van der Waals surface area contributed by atoms with Crippen LogP contribution in [-0.4, -0.2) is 78.5 Å². The Bertz CT molecular complexity index is 478. The lowest BCUT2D eigenvalue weighted by Gasteiger charge is -2.22. The molecule has 22 heavy (non-hydrogen) atoms. The van der Waals surface area contributed by atoms with Gasteiger partial charge in [0, 0.05) is 45.4 Å². The highest BCUT2D eigenvalue weighted by Crippen LogP contribution is 2.11. The number of ether oxygens (including phenoxy) is 1. The molecular weight excluding hydrogens is 284 g/mol. The van der Waals surface area contributed by atoms with E-state index in [0.717, 1.165) is 5.56 Å². The molecule has 1 aliphatic heterocycles. The van der Waals surface area contributed by atoms with Crippen LogP contribution in [0.25, 0.3) is 0 Å². The zero-order chi connectivity index (χ0) is 15.9. The lowest BCUT2D eigenvalue weighted by molar-refractivity contribution is 0.0661. The van der Waals surface area contributed by atoms with Crippen molar-refractivity contribution in [1.29, 1.82) is 0 Å². The fourth-order valence-electron chi connectivity index (χ4n) is 2.68. The maximum absolute atomic E-state index is 12.5. The van der Waals surface area contributed by atoms with Crippen LogP contribution in [0.15, 0.2) is 24.3 Å². The van der Waals surface area contributed by atoms with Gasteiger partial charge in [0.05, 0.1) is 19.3 Å². The third-order valence-corrected chi connectivity index (χ3v) is 3.80. The monoisotopic (exact) mass is 308 g/mol. The summed E-state index contributed by atoms with van der Waals surface area (Å²) in [5, 5.41) is 19.0. The Morgan fingerprint density at radius 2 is 2.00 bits per heavy atom. The van der Waals surface area contributed by atoms with Crippen LogP contribution in [0.3, 0.4) is 0 Å². The average molecular weight is 308 g/mol. The fourth-order valence-corrected chi connectivity index (χ4v) is 2.68. The predicted octanol–water partition coefficient (Wildman–Crippen LogP) is -0.0560. The number of aliphatic hydroxyl groups is 2. The Hall–Kier alpha value is -1.47. The summed E-state index contributed by atoms with van der Waals surface area (Å²) in [5.74, 6) is -0.0751. The Labute approximate surface area is 130 Å². The summed E-state index contributed by atoms with van der Waals surface area (Å²) in [7, 11) is 1.63. The van der Waals surface area contributed by atoms with Gasteiger partial charge in [-0.2, -0.15) is 0 Å². The van der Waals surface area contributed by atoms with Crippen molar-refractivity contribution in [2.24, 2.45) is 0 Å². The molecule has 1 heterocycles. The van der Waals surface area contributed by atoms with E-state index in [1.165, 1.54) is 0 Å². The first kappa shape index (κ1) is 16.9. The number of nitrogens with zero attached hydrogens (tertiary/aromatic N) is 2. The molecule has 0 bridgehead atoms. The van der Waals surface area contributed by atoms with Crippen molar-refractivity contribution >= 4 is 5.91 Å². The summed E-state index contributed by atoms with van der Waals surface area (Å²) in [6.07, 6.45) is -0.592. The summed E-state index contributed by atoms with van der Waals surface area (Å²) in [6, 6.07) is 7.34. The molecule has 0 saturated carbocycles. The highest BCUT2D eigenvalue weighted by atomic mass is 16.5. The number of carbonyl (C=O) groups excluding carboxylic acids is 1. The van der Waals surface area contributed by atoms with Gasteiger partial charge in [-0.05, 0) is 17.7 Å². The van der Waals surface area contributed by atoms with Gasteiger partial charge < -0.3 is 19.8 Å². The molecular formula is C16H24N2O4. The summed E-state index contributed by atoms with van der Waals surface area (Å²) in [5.41, 5.74) is 1.63. The number of β-amino-alcohol motifs (C(OH)–C–C–N with tert-alkyl or cyclic N) is 2. The van der Waals surface area contributed by atoms with Crippen molar-refractivity contribution in [3.05, 3.63) is 35.4 Å². The molecule has 1 aromatic rings. The van der Waals surface area contributed by atoms with Crippen molar-refractivity contribution in [3.63, 3.8) is 0 Å². The van der Waals surface area contributed by atoms with Crippen LogP contribution in [-0.2, 0) is 11.3 Å². The third kappa shape index (κ3) is 4.51. The van der Waals surface area contributed by atoms with E-state index in [1.807, 2.05) is 17.0 Å². The molecule has 1 fully saturated rings. The van der Waals surface area contributed by atoms with Gasteiger partial charge in [0.2, 0.25) is 0 Å². The van der Waals surface area contributed by atoms with E-state index < -0.39 is 6.10 Å². The number of methoxy groups -OCH3 is 1. The van der Waals surface area contributed by atoms with Gasteiger partial charge in [0.15, 0.2) is 0 Å². The Balaban J connectivity index is 2.01. The minimum Gasteiger partial charge on any atom is -0.395 e. The molecule has 6 nitrogen and oxygen atoms in total.